The van der Waals surface area contributed by atoms with Crippen LogP contribution in [0.15, 0.2) is 30.5 Å². The molecule has 0 radical (unpaired) electrons. The summed E-state index contributed by atoms with van der Waals surface area (Å²) in [5, 5.41) is 14.1. The maximum atomic E-state index is 11.0. The number of carbonyl (C=O) groups excluding carboxylic acids is 1. The van der Waals surface area contributed by atoms with Crippen LogP contribution in [-0.2, 0) is 4.79 Å². The normalized spacial score (nSPS) is 14.4. The van der Waals surface area contributed by atoms with Crippen molar-refractivity contribution in [1.82, 2.24) is 15.2 Å². The number of rotatable bonds is 4. The van der Waals surface area contributed by atoms with Crippen LogP contribution in [0, 0.1) is 0 Å². The third-order valence-corrected chi connectivity index (χ3v) is 3.66. The average molecular weight is 312 g/mol. The number of amides is 1. The minimum atomic E-state index is -0.0862. The van der Waals surface area contributed by atoms with Gasteiger partial charge in [0.15, 0.2) is 5.82 Å². The van der Waals surface area contributed by atoms with E-state index in [1.54, 1.807) is 6.20 Å². The lowest BCUT2D eigenvalue weighted by molar-refractivity contribution is -0.114. The van der Waals surface area contributed by atoms with E-state index < -0.39 is 0 Å². The van der Waals surface area contributed by atoms with E-state index in [9.17, 15) is 4.79 Å². The van der Waals surface area contributed by atoms with Crippen molar-refractivity contribution in [3.63, 3.8) is 0 Å². The molecule has 1 aromatic carbocycles. The Kier molecular flexibility index (Phi) is 4.65. The molecule has 23 heavy (non-hydrogen) atoms. The predicted octanol–water partition coefficient (Wildman–Crippen LogP) is 2.56. The Hall–Kier alpha value is -2.70. The van der Waals surface area contributed by atoms with Crippen molar-refractivity contribution in [2.45, 2.75) is 26.2 Å². The van der Waals surface area contributed by atoms with Gasteiger partial charge in [0, 0.05) is 31.4 Å². The largest absolute Gasteiger partial charge is 0.339 e. The Bertz CT molecular complexity index is 667. The van der Waals surface area contributed by atoms with Crippen LogP contribution >= 0.6 is 0 Å². The summed E-state index contributed by atoms with van der Waals surface area (Å²) in [6, 6.07) is 7.44. The molecule has 0 unspecified atom stereocenters. The highest BCUT2D eigenvalue weighted by molar-refractivity contribution is 5.88. The number of nitrogens with one attached hydrogen (secondary N) is 2. The number of aromatic nitrogens is 3. The van der Waals surface area contributed by atoms with Gasteiger partial charge in [0.1, 0.15) is 0 Å². The lowest BCUT2D eigenvalue weighted by atomic mass is 10.1. The van der Waals surface area contributed by atoms with E-state index in [0.717, 1.165) is 24.5 Å². The maximum Gasteiger partial charge on any atom is 0.247 e. The highest BCUT2D eigenvalue weighted by Gasteiger charge is 2.14. The van der Waals surface area contributed by atoms with E-state index in [2.05, 4.69) is 30.7 Å². The zero-order valence-electron chi connectivity index (χ0n) is 13.1. The first-order chi connectivity index (χ1) is 11.2. The van der Waals surface area contributed by atoms with Crippen LogP contribution in [0.1, 0.15) is 26.2 Å². The third kappa shape index (κ3) is 4.15. The number of hydrogen-bond donors (Lipinski definition) is 2. The summed E-state index contributed by atoms with van der Waals surface area (Å²) in [5.74, 6) is 1.24. The third-order valence-electron chi connectivity index (χ3n) is 3.66. The summed E-state index contributed by atoms with van der Waals surface area (Å²) >= 11 is 0. The Morgan fingerprint density at radius 3 is 2.48 bits per heavy atom. The van der Waals surface area contributed by atoms with E-state index in [-0.39, 0.29) is 5.91 Å². The van der Waals surface area contributed by atoms with Gasteiger partial charge in [0.25, 0.3) is 0 Å². The van der Waals surface area contributed by atoms with Gasteiger partial charge in [-0.2, -0.15) is 10.1 Å². The lowest BCUT2D eigenvalue weighted by Gasteiger charge is -2.26. The molecule has 1 aliphatic heterocycles. The van der Waals surface area contributed by atoms with Crippen LogP contribution < -0.4 is 15.5 Å². The van der Waals surface area contributed by atoms with Crippen LogP contribution in [0.2, 0.25) is 0 Å². The van der Waals surface area contributed by atoms with Crippen molar-refractivity contribution in [1.29, 1.82) is 0 Å². The number of carbonyl (C=O) groups is 1. The summed E-state index contributed by atoms with van der Waals surface area (Å²) in [6.45, 7) is 3.45. The summed E-state index contributed by atoms with van der Waals surface area (Å²) in [7, 11) is 0. The van der Waals surface area contributed by atoms with Gasteiger partial charge in [-0.15, -0.1) is 5.10 Å². The van der Waals surface area contributed by atoms with Crippen LogP contribution in [0.5, 0.6) is 0 Å². The van der Waals surface area contributed by atoms with Gasteiger partial charge >= 0.3 is 0 Å². The van der Waals surface area contributed by atoms with Gasteiger partial charge in [-0.25, -0.2) is 0 Å². The summed E-state index contributed by atoms with van der Waals surface area (Å²) in [5.41, 5.74) is 1.64. The second-order valence-corrected chi connectivity index (χ2v) is 5.57. The highest BCUT2D eigenvalue weighted by atomic mass is 16.1. The zero-order valence-corrected chi connectivity index (χ0v) is 13.1. The number of hydrogen-bond acceptors (Lipinski definition) is 6. The summed E-state index contributed by atoms with van der Waals surface area (Å²) in [6.07, 6.45) is 5.22. The molecular formula is C16H20N6O. The molecule has 1 aliphatic rings. The average Bonchev–Trinajstić information content (AvgIpc) is 2.57. The summed E-state index contributed by atoms with van der Waals surface area (Å²) < 4.78 is 0. The van der Waals surface area contributed by atoms with Crippen molar-refractivity contribution in [3.05, 3.63) is 30.5 Å². The number of nitrogens with zero attached hydrogens (tertiary/aromatic N) is 4. The van der Waals surface area contributed by atoms with Gasteiger partial charge in [0.2, 0.25) is 11.9 Å². The van der Waals surface area contributed by atoms with E-state index in [0.29, 0.717) is 11.8 Å². The molecule has 1 aromatic heterocycles. The van der Waals surface area contributed by atoms with Gasteiger partial charge in [-0.05, 0) is 43.5 Å². The topological polar surface area (TPSA) is 83.0 Å². The van der Waals surface area contributed by atoms with Crippen LogP contribution in [-0.4, -0.2) is 34.2 Å². The fourth-order valence-corrected chi connectivity index (χ4v) is 2.57. The van der Waals surface area contributed by atoms with E-state index in [1.807, 2.05) is 24.3 Å². The number of piperidine rings is 1. The highest BCUT2D eigenvalue weighted by Crippen LogP contribution is 2.20. The quantitative estimate of drug-likeness (QED) is 0.903. The Morgan fingerprint density at radius 2 is 1.78 bits per heavy atom. The van der Waals surface area contributed by atoms with Crippen molar-refractivity contribution >= 4 is 29.0 Å². The Balaban J connectivity index is 1.68. The molecule has 1 fully saturated rings. The summed E-state index contributed by atoms with van der Waals surface area (Å²) in [4.78, 5) is 17.7. The van der Waals surface area contributed by atoms with Crippen LogP contribution in [0.25, 0.3) is 0 Å². The van der Waals surface area contributed by atoms with Crippen LogP contribution in [0.4, 0.5) is 23.1 Å². The molecule has 1 amide bonds. The lowest BCUT2D eigenvalue weighted by Crippen LogP contribution is -2.31. The van der Waals surface area contributed by atoms with E-state index in [1.165, 1.54) is 26.2 Å². The van der Waals surface area contributed by atoms with Gasteiger partial charge < -0.3 is 15.5 Å². The monoisotopic (exact) mass is 312 g/mol. The first-order valence-electron chi connectivity index (χ1n) is 7.80. The van der Waals surface area contributed by atoms with Crippen molar-refractivity contribution < 1.29 is 4.79 Å². The van der Waals surface area contributed by atoms with Gasteiger partial charge in [-0.1, -0.05) is 0 Å². The Morgan fingerprint density at radius 1 is 1.09 bits per heavy atom. The predicted molar refractivity (Wildman–Crippen MR) is 89.9 cm³/mol. The molecule has 7 nitrogen and oxygen atoms in total. The first-order valence-corrected chi connectivity index (χ1v) is 7.80. The van der Waals surface area contributed by atoms with Crippen LogP contribution in [0.3, 0.4) is 0 Å². The fourth-order valence-electron chi connectivity index (χ4n) is 2.57. The molecule has 2 N–H and O–H groups in total. The van der Waals surface area contributed by atoms with Gasteiger partial charge in [-0.3, -0.25) is 4.79 Å². The number of benzene rings is 1. The van der Waals surface area contributed by atoms with Crippen molar-refractivity contribution in [2.75, 3.05) is 28.6 Å². The maximum absolute atomic E-state index is 11.0. The molecular weight excluding hydrogens is 292 g/mol. The van der Waals surface area contributed by atoms with Crippen molar-refractivity contribution in [3.8, 4) is 0 Å². The molecule has 3 rings (SSSR count). The zero-order chi connectivity index (χ0) is 16.1. The molecule has 2 heterocycles. The van der Waals surface area contributed by atoms with E-state index in [4.69, 9.17) is 0 Å². The smallest absolute Gasteiger partial charge is 0.247 e. The van der Waals surface area contributed by atoms with Crippen molar-refractivity contribution in [2.24, 2.45) is 0 Å². The minimum absolute atomic E-state index is 0.0862. The molecule has 1 saturated heterocycles. The minimum Gasteiger partial charge on any atom is -0.339 e. The second-order valence-electron chi connectivity index (χ2n) is 5.57. The second kappa shape index (κ2) is 7.04. The molecule has 0 atom stereocenters. The number of anilines is 4. The molecule has 7 heteroatoms. The Labute approximate surface area is 135 Å². The van der Waals surface area contributed by atoms with E-state index >= 15 is 0 Å². The molecule has 0 saturated carbocycles. The molecule has 120 valence electrons. The molecule has 0 spiro atoms. The molecule has 0 aliphatic carbocycles. The fraction of sp³-hybridized carbons (Fsp3) is 0.375. The standard InChI is InChI=1S/C16H20N6O/c1-12(23)18-13-5-7-14(8-6-13)19-15-11-17-21-16(20-15)22-9-3-2-4-10-22/h5-8,11H,2-4,9-10H2,1H3,(H,18,23)(H,19,20,21). The molecule has 2 aromatic rings. The molecule has 0 bridgehead atoms. The first kappa shape index (κ1) is 15.2. The van der Waals surface area contributed by atoms with Gasteiger partial charge in [0.05, 0.1) is 6.20 Å². The SMILES string of the molecule is CC(=O)Nc1ccc(Nc2cnnc(N3CCCCC3)n2)cc1.